The number of aliphatic carboxylic acids is 1. The number of piperazine rings is 1. The van der Waals surface area contributed by atoms with Gasteiger partial charge in [0, 0.05) is 39.3 Å². The number of carbonyl (C=O) groups is 3. The lowest BCUT2D eigenvalue weighted by molar-refractivity contribution is -0.156. The molecule has 1 saturated heterocycles. The molecule has 1 aliphatic heterocycles. The van der Waals surface area contributed by atoms with Crippen LogP contribution in [0.25, 0.3) is 0 Å². The lowest BCUT2D eigenvalue weighted by Gasteiger charge is -2.36. The fraction of sp³-hybridized carbons (Fsp3) is 0.550. The second-order valence-electron chi connectivity index (χ2n) is 8.14. The first kappa shape index (κ1) is 20.3. The van der Waals surface area contributed by atoms with Crippen LogP contribution in [-0.2, 0) is 9.59 Å². The highest BCUT2D eigenvalue weighted by Crippen LogP contribution is 2.64. The highest BCUT2D eigenvalue weighted by atomic mass is 19.1. The summed E-state index contributed by atoms with van der Waals surface area (Å²) < 4.78 is 13.6. The van der Waals surface area contributed by atoms with E-state index >= 15 is 0 Å². The molecule has 28 heavy (non-hydrogen) atoms. The number of amides is 2. The molecule has 2 aliphatic rings. The first-order chi connectivity index (χ1) is 13.2. The molecule has 2 amide bonds. The minimum Gasteiger partial charge on any atom is -0.480 e. The average Bonchev–Trinajstić information content (AvgIpc) is 3.26. The lowest BCUT2D eigenvalue weighted by atomic mass is 9.94. The van der Waals surface area contributed by atoms with Crippen LogP contribution in [-0.4, -0.2) is 72.0 Å². The monoisotopic (exact) mass is 391 g/mol. The number of carbonyl (C=O) groups excluding carboxylic acids is 2. The number of rotatable bonds is 6. The number of hydrogen-bond acceptors (Lipinski definition) is 4. The molecule has 0 bridgehead atoms. The first-order valence-electron chi connectivity index (χ1n) is 9.47. The predicted octanol–water partition coefficient (Wildman–Crippen LogP) is 1.20. The van der Waals surface area contributed by atoms with E-state index in [2.05, 4.69) is 10.2 Å². The molecule has 0 radical (unpaired) electrons. The van der Waals surface area contributed by atoms with E-state index in [1.54, 1.807) is 11.0 Å². The van der Waals surface area contributed by atoms with Gasteiger partial charge in [-0.25, -0.2) is 4.39 Å². The molecule has 0 aromatic heterocycles. The summed E-state index contributed by atoms with van der Waals surface area (Å²) in [5, 5.41) is 12.3. The normalized spacial score (nSPS) is 23.9. The van der Waals surface area contributed by atoms with Crippen LogP contribution in [0.4, 0.5) is 4.39 Å². The van der Waals surface area contributed by atoms with Gasteiger partial charge in [-0.2, -0.15) is 0 Å². The number of carboxylic acids is 1. The van der Waals surface area contributed by atoms with Crippen molar-refractivity contribution < 1.29 is 23.9 Å². The van der Waals surface area contributed by atoms with Gasteiger partial charge in [0.1, 0.15) is 5.82 Å². The standard InChI is InChI=1S/C20H26FN3O4/c1-19(2)13-20(19,18(27)28)17(26)24-11-9-23(10-12-24)8-7-22-16(25)14-5-3-4-6-15(14)21/h3-6H,7-13H2,1-2H3,(H,22,25)(H,27,28). The van der Waals surface area contributed by atoms with Crippen molar-refractivity contribution in [2.45, 2.75) is 20.3 Å². The highest BCUT2D eigenvalue weighted by molar-refractivity contribution is 6.06. The van der Waals surface area contributed by atoms with Crippen molar-refractivity contribution in [3.63, 3.8) is 0 Å². The van der Waals surface area contributed by atoms with Crippen molar-refractivity contribution >= 4 is 17.8 Å². The van der Waals surface area contributed by atoms with E-state index in [9.17, 15) is 23.9 Å². The Morgan fingerprint density at radius 1 is 1.14 bits per heavy atom. The minimum atomic E-state index is -1.29. The summed E-state index contributed by atoms with van der Waals surface area (Å²) in [7, 11) is 0. The average molecular weight is 391 g/mol. The van der Waals surface area contributed by atoms with Crippen LogP contribution in [0.1, 0.15) is 30.6 Å². The van der Waals surface area contributed by atoms with Gasteiger partial charge in [-0.05, 0) is 24.0 Å². The summed E-state index contributed by atoms with van der Waals surface area (Å²) in [5.74, 6) is -2.34. The molecule has 1 heterocycles. The van der Waals surface area contributed by atoms with Crippen molar-refractivity contribution in [2.75, 3.05) is 39.3 Å². The largest absolute Gasteiger partial charge is 0.480 e. The Morgan fingerprint density at radius 3 is 2.29 bits per heavy atom. The van der Waals surface area contributed by atoms with Crippen molar-refractivity contribution in [1.29, 1.82) is 0 Å². The maximum absolute atomic E-state index is 13.6. The van der Waals surface area contributed by atoms with Crippen molar-refractivity contribution in [3.8, 4) is 0 Å². The third-order valence-corrected chi connectivity index (χ3v) is 5.96. The molecule has 1 aromatic carbocycles. The minimum absolute atomic E-state index is 0.0175. The molecule has 3 rings (SSSR count). The fourth-order valence-corrected chi connectivity index (χ4v) is 3.95. The van der Waals surface area contributed by atoms with Crippen LogP contribution < -0.4 is 5.32 Å². The number of hydrogen-bond donors (Lipinski definition) is 2. The molecule has 152 valence electrons. The van der Waals surface area contributed by atoms with Gasteiger partial charge in [0.2, 0.25) is 5.91 Å². The maximum atomic E-state index is 13.6. The zero-order valence-electron chi connectivity index (χ0n) is 16.2. The van der Waals surface area contributed by atoms with Crippen LogP contribution in [0, 0.1) is 16.6 Å². The molecule has 0 spiro atoms. The van der Waals surface area contributed by atoms with E-state index in [0.717, 1.165) is 0 Å². The molecule has 8 heteroatoms. The summed E-state index contributed by atoms with van der Waals surface area (Å²) in [6, 6.07) is 5.83. The van der Waals surface area contributed by atoms with Crippen LogP contribution in [0.5, 0.6) is 0 Å². The summed E-state index contributed by atoms with van der Waals surface area (Å²) >= 11 is 0. The molecular weight excluding hydrogens is 365 g/mol. The van der Waals surface area contributed by atoms with Gasteiger partial charge in [-0.1, -0.05) is 26.0 Å². The Balaban J connectivity index is 1.45. The Bertz CT molecular complexity index is 789. The van der Waals surface area contributed by atoms with Gasteiger partial charge < -0.3 is 15.3 Å². The number of nitrogens with one attached hydrogen (secondary N) is 1. The van der Waals surface area contributed by atoms with Crippen LogP contribution in [0.2, 0.25) is 0 Å². The van der Waals surface area contributed by atoms with Crippen LogP contribution in [0.3, 0.4) is 0 Å². The van der Waals surface area contributed by atoms with Crippen LogP contribution in [0.15, 0.2) is 24.3 Å². The third-order valence-electron chi connectivity index (χ3n) is 5.96. The fourth-order valence-electron chi connectivity index (χ4n) is 3.95. The van der Waals surface area contributed by atoms with E-state index in [-0.39, 0.29) is 11.5 Å². The summed E-state index contributed by atoms with van der Waals surface area (Å²) in [5.41, 5.74) is -1.78. The van der Waals surface area contributed by atoms with Crippen molar-refractivity contribution in [2.24, 2.45) is 10.8 Å². The van der Waals surface area contributed by atoms with Crippen molar-refractivity contribution in [3.05, 3.63) is 35.6 Å². The lowest BCUT2D eigenvalue weighted by Crippen LogP contribution is -2.53. The molecule has 7 nitrogen and oxygen atoms in total. The number of halogens is 1. The topological polar surface area (TPSA) is 89.9 Å². The molecule has 1 aliphatic carbocycles. The molecule has 1 atom stereocenters. The van der Waals surface area contributed by atoms with Gasteiger partial charge in [-0.15, -0.1) is 0 Å². The first-order valence-corrected chi connectivity index (χ1v) is 9.47. The number of benzene rings is 1. The Morgan fingerprint density at radius 2 is 1.75 bits per heavy atom. The second kappa shape index (κ2) is 7.50. The molecule has 1 aromatic rings. The number of nitrogens with zero attached hydrogens (tertiary/aromatic N) is 2. The maximum Gasteiger partial charge on any atom is 0.319 e. The third kappa shape index (κ3) is 3.61. The summed E-state index contributed by atoms with van der Waals surface area (Å²) in [4.78, 5) is 40.2. The van der Waals surface area contributed by atoms with Gasteiger partial charge in [0.15, 0.2) is 5.41 Å². The van der Waals surface area contributed by atoms with Crippen molar-refractivity contribution in [1.82, 2.24) is 15.1 Å². The van der Waals surface area contributed by atoms with Gasteiger partial charge in [-0.3, -0.25) is 19.3 Å². The van der Waals surface area contributed by atoms with E-state index in [0.29, 0.717) is 45.7 Å². The van der Waals surface area contributed by atoms with E-state index < -0.39 is 28.5 Å². The second-order valence-corrected chi connectivity index (χ2v) is 8.14. The quantitative estimate of drug-likeness (QED) is 0.712. The zero-order chi connectivity index (χ0) is 20.5. The highest BCUT2D eigenvalue weighted by Gasteiger charge is 2.72. The molecule has 2 N–H and O–H groups in total. The summed E-state index contributed by atoms with van der Waals surface area (Å²) in [6.45, 7) is 6.72. The number of carboxylic acid groups (broad SMARTS) is 1. The van der Waals surface area contributed by atoms with Gasteiger partial charge in [0.05, 0.1) is 5.56 Å². The SMILES string of the molecule is CC1(C)CC1(C(=O)O)C(=O)N1CCN(CCNC(=O)c2ccccc2F)CC1. The van der Waals surface area contributed by atoms with Gasteiger partial charge >= 0.3 is 5.97 Å². The zero-order valence-corrected chi connectivity index (χ0v) is 16.2. The Kier molecular flexibility index (Phi) is 5.43. The smallest absolute Gasteiger partial charge is 0.319 e. The predicted molar refractivity (Wildman–Crippen MR) is 100 cm³/mol. The van der Waals surface area contributed by atoms with E-state index in [1.165, 1.54) is 18.2 Å². The summed E-state index contributed by atoms with van der Waals surface area (Å²) in [6.07, 6.45) is 0.371. The van der Waals surface area contributed by atoms with E-state index in [4.69, 9.17) is 0 Å². The molecule has 2 fully saturated rings. The Labute approximate surface area is 163 Å². The Hall–Kier alpha value is -2.48. The van der Waals surface area contributed by atoms with Gasteiger partial charge in [0.25, 0.3) is 5.91 Å². The van der Waals surface area contributed by atoms with E-state index in [1.807, 2.05) is 13.8 Å². The van der Waals surface area contributed by atoms with Crippen LogP contribution >= 0.6 is 0 Å². The molecular formula is C20H26FN3O4. The molecule has 1 unspecified atom stereocenters. The molecule has 1 saturated carbocycles.